The number of morpholine rings is 1. The number of carbonyl (C=O) groups is 2. The van der Waals surface area contributed by atoms with Crippen molar-refractivity contribution in [3.05, 3.63) is 101 Å². The highest BCUT2D eigenvalue weighted by atomic mass is 35.6. The van der Waals surface area contributed by atoms with E-state index in [2.05, 4.69) is 26.9 Å². The number of halogens is 6. The van der Waals surface area contributed by atoms with Gasteiger partial charge in [-0.2, -0.15) is 0 Å². The fourth-order valence-corrected chi connectivity index (χ4v) is 6.00. The Balaban J connectivity index is 1.36. The second kappa shape index (κ2) is 17.5. The number of anilines is 1. The number of nitrogens with one attached hydrogen (secondary N) is 3. The molecule has 0 aromatic heterocycles. The van der Waals surface area contributed by atoms with Crippen LogP contribution in [0.2, 0.25) is 0 Å². The SMILES string of the molecule is COc1ccc(NC(=O)N[C@H](Oc2ccccc2O[C@H](NC(=O)C2=C(N3CCOCC3)/C(=C/c3ccccc3)CC2)C(Cl)(Cl)Cl)C(Cl)(Cl)Cl)cc1. The first-order valence-corrected chi connectivity index (χ1v) is 18.0. The Kier molecular flexibility index (Phi) is 13.4. The van der Waals surface area contributed by atoms with Gasteiger partial charge in [0.2, 0.25) is 20.0 Å². The number of allylic oxidation sites excluding steroid dienone is 1. The number of alkyl halides is 6. The van der Waals surface area contributed by atoms with Crippen molar-refractivity contribution in [2.45, 2.75) is 32.9 Å². The molecule has 10 nitrogen and oxygen atoms in total. The number of carbonyl (C=O) groups excluding carboxylic acids is 2. The van der Waals surface area contributed by atoms with Gasteiger partial charge < -0.3 is 34.5 Å². The van der Waals surface area contributed by atoms with Crippen LogP contribution < -0.4 is 30.2 Å². The third-order valence-corrected chi connectivity index (χ3v) is 8.97. The van der Waals surface area contributed by atoms with Crippen molar-refractivity contribution in [3.63, 3.8) is 0 Å². The molecule has 5 rings (SSSR count). The predicted octanol–water partition coefficient (Wildman–Crippen LogP) is 8.25. The van der Waals surface area contributed by atoms with Crippen LogP contribution in [0.1, 0.15) is 18.4 Å². The molecule has 1 heterocycles. The molecular formula is C35H34Cl6N4O6. The van der Waals surface area contributed by atoms with E-state index in [0.29, 0.717) is 56.2 Å². The summed E-state index contributed by atoms with van der Waals surface area (Å²) >= 11 is 37.8. The van der Waals surface area contributed by atoms with Crippen LogP contribution in [0.5, 0.6) is 17.2 Å². The quantitative estimate of drug-likeness (QED) is 0.132. The molecule has 51 heavy (non-hydrogen) atoms. The monoisotopic (exact) mass is 816 g/mol. The normalized spacial score (nSPS) is 17.1. The molecule has 1 aliphatic heterocycles. The zero-order chi connectivity index (χ0) is 36.6. The molecule has 0 unspecified atom stereocenters. The number of nitrogens with zero attached hydrogens (tertiary/aromatic N) is 1. The molecule has 3 aromatic carbocycles. The van der Waals surface area contributed by atoms with Crippen molar-refractivity contribution in [1.82, 2.24) is 15.5 Å². The molecule has 0 saturated carbocycles. The Hall–Kier alpha value is -3.22. The van der Waals surface area contributed by atoms with Gasteiger partial charge >= 0.3 is 6.03 Å². The average molecular weight is 819 g/mol. The Morgan fingerprint density at radius 3 is 1.92 bits per heavy atom. The minimum Gasteiger partial charge on any atom is -0.497 e. The van der Waals surface area contributed by atoms with E-state index in [-0.39, 0.29) is 11.5 Å². The number of hydrogen-bond donors (Lipinski definition) is 3. The highest BCUT2D eigenvalue weighted by molar-refractivity contribution is 6.68. The Morgan fingerprint density at radius 1 is 0.784 bits per heavy atom. The highest BCUT2D eigenvalue weighted by Crippen LogP contribution is 2.40. The smallest absolute Gasteiger partial charge is 0.322 e. The van der Waals surface area contributed by atoms with Crippen LogP contribution in [-0.2, 0) is 9.53 Å². The molecule has 1 aliphatic carbocycles. The van der Waals surface area contributed by atoms with Crippen molar-refractivity contribution < 1.29 is 28.5 Å². The second-order valence-electron chi connectivity index (χ2n) is 11.3. The molecule has 2 atom stereocenters. The van der Waals surface area contributed by atoms with Crippen LogP contribution in [0, 0.1) is 0 Å². The fraction of sp³-hybridized carbons (Fsp3) is 0.314. The van der Waals surface area contributed by atoms with Crippen LogP contribution in [0.4, 0.5) is 10.5 Å². The molecule has 272 valence electrons. The summed E-state index contributed by atoms with van der Waals surface area (Å²) in [5, 5.41) is 7.88. The fourth-order valence-electron chi connectivity index (χ4n) is 5.41. The van der Waals surface area contributed by atoms with Crippen molar-refractivity contribution in [3.8, 4) is 17.2 Å². The van der Waals surface area contributed by atoms with E-state index in [0.717, 1.165) is 16.8 Å². The van der Waals surface area contributed by atoms with Gasteiger partial charge in [-0.05, 0) is 66.5 Å². The maximum Gasteiger partial charge on any atom is 0.322 e. The van der Waals surface area contributed by atoms with Gasteiger partial charge in [0, 0.05) is 30.0 Å². The molecule has 2 aliphatic rings. The van der Waals surface area contributed by atoms with E-state index in [1.165, 1.54) is 19.2 Å². The van der Waals surface area contributed by atoms with Gasteiger partial charge in [-0.3, -0.25) is 10.1 Å². The van der Waals surface area contributed by atoms with E-state index >= 15 is 0 Å². The lowest BCUT2D eigenvalue weighted by Crippen LogP contribution is -2.50. The summed E-state index contributed by atoms with van der Waals surface area (Å²) in [4.78, 5) is 29.0. The molecule has 0 bridgehead atoms. The van der Waals surface area contributed by atoms with Gasteiger partial charge in [-0.15, -0.1) is 0 Å². The number of ether oxygens (including phenoxy) is 4. The summed E-state index contributed by atoms with van der Waals surface area (Å²) in [6.45, 7) is 2.29. The molecule has 0 spiro atoms. The number of urea groups is 1. The van der Waals surface area contributed by atoms with Gasteiger partial charge in [-0.1, -0.05) is 112 Å². The van der Waals surface area contributed by atoms with E-state index < -0.39 is 32.0 Å². The van der Waals surface area contributed by atoms with Crippen LogP contribution >= 0.6 is 69.6 Å². The maximum atomic E-state index is 14.0. The Morgan fingerprint density at radius 2 is 1.35 bits per heavy atom. The van der Waals surface area contributed by atoms with Crippen molar-refractivity contribution >= 4 is 93.3 Å². The van der Waals surface area contributed by atoms with Gasteiger partial charge in [0.1, 0.15) is 5.75 Å². The molecule has 3 aromatic rings. The standard InChI is InChI=1S/C35H34Cl6N4O6/c1-48-25-14-12-24(13-15-25)42-33(47)44-32(35(39,40)41)51-28-10-6-5-9-27(28)50-31(34(36,37)38)43-30(46)26-16-11-23(21-22-7-3-2-4-8-22)29(26)45-17-19-49-20-18-45/h2-10,12-15,21,31-32H,11,16-20H2,1H3,(H,43,46)(H2,42,44,47)/b23-21+/t31-,32+/m0/s1. The first kappa shape index (κ1) is 39.0. The lowest BCUT2D eigenvalue weighted by atomic mass is 10.1. The first-order valence-electron chi connectivity index (χ1n) is 15.7. The van der Waals surface area contributed by atoms with Crippen LogP contribution in [-0.4, -0.2) is 70.3 Å². The van der Waals surface area contributed by atoms with Crippen molar-refractivity contribution in [1.29, 1.82) is 0 Å². The largest absolute Gasteiger partial charge is 0.497 e. The van der Waals surface area contributed by atoms with Gasteiger partial charge in [-0.25, -0.2) is 4.79 Å². The molecule has 3 amide bonds. The summed E-state index contributed by atoms with van der Waals surface area (Å²) in [6.07, 6.45) is 0.142. The minimum atomic E-state index is -2.15. The van der Waals surface area contributed by atoms with E-state index in [1.54, 1.807) is 36.4 Å². The topological polar surface area (TPSA) is 110 Å². The summed E-state index contributed by atoms with van der Waals surface area (Å²) in [6, 6.07) is 22.0. The Labute approximate surface area is 325 Å². The summed E-state index contributed by atoms with van der Waals surface area (Å²) < 4.78 is 18.5. The van der Waals surface area contributed by atoms with E-state index in [1.807, 2.05) is 30.3 Å². The van der Waals surface area contributed by atoms with Crippen LogP contribution in [0.3, 0.4) is 0 Å². The minimum absolute atomic E-state index is 0.00856. The zero-order valence-electron chi connectivity index (χ0n) is 27.1. The molecule has 16 heteroatoms. The maximum absolute atomic E-state index is 14.0. The van der Waals surface area contributed by atoms with Crippen molar-refractivity contribution in [2.75, 3.05) is 38.7 Å². The summed E-state index contributed by atoms with van der Waals surface area (Å²) in [7, 11) is 1.53. The van der Waals surface area contributed by atoms with E-state index in [9.17, 15) is 9.59 Å². The molecule has 0 radical (unpaired) electrons. The third kappa shape index (κ3) is 10.9. The molecule has 1 saturated heterocycles. The zero-order valence-corrected chi connectivity index (χ0v) is 31.7. The summed E-state index contributed by atoms with van der Waals surface area (Å²) in [5.74, 6) is 0.156. The molecular weight excluding hydrogens is 785 g/mol. The lowest BCUT2D eigenvalue weighted by molar-refractivity contribution is -0.120. The molecule has 1 fully saturated rings. The van der Waals surface area contributed by atoms with Crippen LogP contribution in [0.15, 0.2) is 95.7 Å². The van der Waals surface area contributed by atoms with Gasteiger partial charge in [0.25, 0.3) is 5.91 Å². The summed E-state index contributed by atoms with van der Waals surface area (Å²) in [5.41, 5.74) is 3.81. The Bertz CT molecular complexity index is 1720. The van der Waals surface area contributed by atoms with Crippen LogP contribution in [0.25, 0.3) is 6.08 Å². The lowest BCUT2D eigenvalue weighted by Gasteiger charge is -2.32. The third-order valence-electron chi connectivity index (χ3n) is 7.78. The number of amides is 3. The second-order valence-corrected chi connectivity index (χ2v) is 16.1. The number of methoxy groups -OCH3 is 1. The van der Waals surface area contributed by atoms with Gasteiger partial charge in [0.05, 0.1) is 20.3 Å². The highest BCUT2D eigenvalue weighted by Gasteiger charge is 2.40. The van der Waals surface area contributed by atoms with Gasteiger partial charge in [0.15, 0.2) is 11.5 Å². The number of benzene rings is 3. The van der Waals surface area contributed by atoms with Crippen molar-refractivity contribution in [2.24, 2.45) is 0 Å². The number of hydrogen-bond acceptors (Lipinski definition) is 7. The first-order chi connectivity index (χ1) is 24.3. The number of rotatable bonds is 11. The average Bonchev–Trinajstić information content (AvgIpc) is 3.52. The predicted molar refractivity (Wildman–Crippen MR) is 202 cm³/mol. The molecule has 3 N–H and O–H groups in total. The number of para-hydroxylation sites is 2. The van der Waals surface area contributed by atoms with E-state index in [4.69, 9.17) is 88.6 Å².